The van der Waals surface area contributed by atoms with Gasteiger partial charge in [0.25, 0.3) is 10.0 Å². The van der Waals surface area contributed by atoms with Gasteiger partial charge in [-0.15, -0.1) is 5.10 Å². The highest BCUT2D eigenvalue weighted by atomic mass is 35.5. The van der Waals surface area contributed by atoms with Gasteiger partial charge in [-0.1, -0.05) is 11.6 Å². The van der Waals surface area contributed by atoms with E-state index in [1.165, 1.54) is 48.5 Å². The van der Waals surface area contributed by atoms with Crippen molar-refractivity contribution in [2.24, 2.45) is 0 Å². The number of carbonyl (C=O) groups is 1. The molecule has 0 aliphatic heterocycles. The third-order valence-electron chi connectivity index (χ3n) is 4.11. The molecule has 0 saturated carbocycles. The number of carbonyl (C=O) groups excluding carboxylic acids is 1. The van der Waals surface area contributed by atoms with Gasteiger partial charge in [0, 0.05) is 17.2 Å². The van der Waals surface area contributed by atoms with E-state index in [0.29, 0.717) is 10.7 Å². The highest BCUT2D eigenvalue weighted by molar-refractivity contribution is 7.92. The molecule has 1 atom stereocenters. The standard InChI is InChI=1S/C18H18ClN5O6S/c1-2-30-18(25)15-16(20)23(12-5-7-13(8-6-12)24(26)27)21-17(15)22-31(28,29)14-9-3-11(19)4-10-14/h3-10,24,26H,2,20H2,1H3,(H,21,22). The molecule has 0 fully saturated rings. The first-order valence-electron chi connectivity index (χ1n) is 8.81. The number of benzene rings is 2. The third kappa shape index (κ3) is 4.78. The lowest BCUT2D eigenvalue weighted by Gasteiger charge is -2.12. The number of quaternary nitrogens is 1. The molecule has 0 amide bonds. The predicted octanol–water partition coefficient (Wildman–Crippen LogP) is 1.49. The lowest BCUT2D eigenvalue weighted by Crippen LogP contribution is -2.99. The molecule has 5 N–H and O–H groups in total. The number of halogens is 1. The molecule has 1 heterocycles. The first-order chi connectivity index (χ1) is 14.6. The van der Waals surface area contributed by atoms with E-state index in [0.717, 1.165) is 4.68 Å². The molecule has 11 nitrogen and oxygen atoms in total. The molecule has 13 heteroatoms. The number of nitrogens with one attached hydrogen (secondary N) is 2. The van der Waals surface area contributed by atoms with Gasteiger partial charge in [-0.05, 0) is 43.3 Å². The second kappa shape index (κ2) is 8.91. The fourth-order valence-corrected chi connectivity index (χ4v) is 3.78. The summed E-state index contributed by atoms with van der Waals surface area (Å²) in [7, 11) is -4.13. The number of hydrogen-bond donors (Lipinski definition) is 4. The van der Waals surface area contributed by atoms with Crippen molar-refractivity contribution < 1.29 is 28.4 Å². The van der Waals surface area contributed by atoms with Crippen LogP contribution < -0.4 is 15.7 Å². The van der Waals surface area contributed by atoms with Crippen LogP contribution in [0.2, 0.25) is 5.02 Å². The van der Waals surface area contributed by atoms with E-state index in [9.17, 15) is 18.4 Å². The van der Waals surface area contributed by atoms with Crippen molar-refractivity contribution >= 4 is 44.9 Å². The molecule has 1 aromatic heterocycles. The minimum absolute atomic E-state index is 0.0279. The summed E-state index contributed by atoms with van der Waals surface area (Å²) in [6.45, 7) is 1.61. The number of nitrogens with zero attached hydrogens (tertiary/aromatic N) is 2. The second-order valence-electron chi connectivity index (χ2n) is 6.15. The Morgan fingerprint density at radius 3 is 2.42 bits per heavy atom. The van der Waals surface area contributed by atoms with Crippen molar-refractivity contribution in [2.45, 2.75) is 11.8 Å². The zero-order valence-corrected chi connectivity index (χ0v) is 17.6. The van der Waals surface area contributed by atoms with Crippen LogP contribution in [-0.4, -0.2) is 36.0 Å². The zero-order valence-electron chi connectivity index (χ0n) is 16.1. The average Bonchev–Trinajstić information content (AvgIpc) is 3.03. The van der Waals surface area contributed by atoms with Gasteiger partial charge in [0.1, 0.15) is 11.4 Å². The van der Waals surface area contributed by atoms with Crippen LogP contribution in [-0.2, 0) is 14.8 Å². The van der Waals surface area contributed by atoms with Crippen molar-refractivity contribution in [3.05, 3.63) is 64.3 Å². The smallest absolute Gasteiger partial charge is 0.345 e. The number of esters is 1. The largest absolute Gasteiger partial charge is 0.595 e. The van der Waals surface area contributed by atoms with E-state index in [4.69, 9.17) is 27.3 Å². The van der Waals surface area contributed by atoms with Gasteiger partial charge in [0.15, 0.2) is 11.5 Å². The van der Waals surface area contributed by atoms with Crippen LogP contribution in [0.25, 0.3) is 5.69 Å². The number of nitrogen functional groups attached to an aromatic ring is 1. The summed E-state index contributed by atoms with van der Waals surface area (Å²) in [5, 5.41) is 23.4. The lowest BCUT2D eigenvalue weighted by molar-refractivity contribution is -0.991. The summed E-state index contributed by atoms with van der Waals surface area (Å²) in [6.07, 6.45) is 0. The molecule has 31 heavy (non-hydrogen) atoms. The van der Waals surface area contributed by atoms with Crippen molar-refractivity contribution in [2.75, 3.05) is 17.1 Å². The minimum Gasteiger partial charge on any atom is -0.595 e. The molecule has 0 radical (unpaired) electrons. The topological polar surface area (TPSA) is 164 Å². The Morgan fingerprint density at radius 2 is 1.87 bits per heavy atom. The number of rotatable bonds is 7. The fourth-order valence-electron chi connectivity index (χ4n) is 2.65. The maximum absolute atomic E-state index is 12.8. The summed E-state index contributed by atoms with van der Waals surface area (Å²) < 4.78 is 33.9. The van der Waals surface area contributed by atoms with Crippen molar-refractivity contribution in [3.63, 3.8) is 0 Å². The SMILES string of the molecule is CCOC(=O)c1c(NS(=O)(=O)c2ccc(Cl)cc2)nn(-c2ccc([NH+]([O-])O)cc2)c1N. The van der Waals surface area contributed by atoms with Gasteiger partial charge >= 0.3 is 5.97 Å². The second-order valence-corrected chi connectivity index (χ2v) is 8.27. The first kappa shape index (κ1) is 22.5. The number of aromatic nitrogens is 2. The molecule has 0 bridgehead atoms. The first-order valence-corrected chi connectivity index (χ1v) is 10.7. The molecule has 3 rings (SSSR count). The Labute approximate surface area is 182 Å². The summed E-state index contributed by atoms with van der Waals surface area (Å²) in [4.78, 5) is 12.4. The zero-order chi connectivity index (χ0) is 22.8. The van der Waals surface area contributed by atoms with Crippen LogP contribution in [0.15, 0.2) is 53.4 Å². The fraction of sp³-hybridized carbons (Fsp3) is 0.111. The summed E-state index contributed by atoms with van der Waals surface area (Å²) in [6, 6.07) is 10.9. The monoisotopic (exact) mass is 467 g/mol. The number of sulfonamides is 1. The van der Waals surface area contributed by atoms with Crippen LogP contribution in [0.5, 0.6) is 0 Å². The average molecular weight is 468 g/mol. The van der Waals surface area contributed by atoms with Crippen LogP contribution in [0.3, 0.4) is 0 Å². The van der Waals surface area contributed by atoms with Gasteiger partial charge in [-0.25, -0.2) is 23.1 Å². The normalized spacial score (nSPS) is 12.4. The summed E-state index contributed by atoms with van der Waals surface area (Å²) in [5.41, 5.74) is 6.14. The van der Waals surface area contributed by atoms with Gasteiger partial charge in [-0.3, -0.25) is 4.72 Å². The lowest BCUT2D eigenvalue weighted by atomic mass is 10.2. The van der Waals surface area contributed by atoms with Crippen molar-refractivity contribution in [1.82, 2.24) is 9.78 Å². The Bertz CT molecular complexity index is 1190. The number of ether oxygens (including phenoxy) is 1. The number of hydrogen-bond acceptors (Lipinski definition) is 8. The molecule has 164 valence electrons. The van der Waals surface area contributed by atoms with Crippen LogP contribution >= 0.6 is 11.6 Å². The molecule has 0 aliphatic carbocycles. The Kier molecular flexibility index (Phi) is 6.48. The molecule has 0 spiro atoms. The molecule has 3 aromatic rings. The Morgan fingerprint density at radius 1 is 1.26 bits per heavy atom. The van der Waals surface area contributed by atoms with E-state index < -0.39 is 21.2 Å². The number of anilines is 2. The maximum Gasteiger partial charge on any atom is 0.345 e. The van der Waals surface area contributed by atoms with E-state index in [2.05, 4.69) is 9.82 Å². The van der Waals surface area contributed by atoms with Crippen LogP contribution in [0.1, 0.15) is 17.3 Å². The van der Waals surface area contributed by atoms with E-state index in [1.807, 2.05) is 0 Å². The Hall–Kier alpha value is -3.16. The van der Waals surface area contributed by atoms with E-state index in [1.54, 1.807) is 6.92 Å². The van der Waals surface area contributed by atoms with Gasteiger partial charge in [0.2, 0.25) is 0 Å². The molecule has 0 aliphatic rings. The quantitative estimate of drug-likeness (QED) is 0.300. The van der Waals surface area contributed by atoms with Crippen molar-refractivity contribution in [3.8, 4) is 5.69 Å². The van der Waals surface area contributed by atoms with E-state index in [-0.39, 0.29) is 34.4 Å². The molecular weight excluding hydrogens is 450 g/mol. The van der Waals surface area contributed by atoms with Crippen LogP contribution in [0.4, 0.5) is 17.3 Å². The van der Waals surface area contributed by atoms with Gasteiger partial charge in [-0.2, -0.15) is 5.23 Å². The minimum atomic E-state index is -4.13. The maximum atomic E-state index is 12.8. The molecular formula is C18H18ClN5O6S. The van der Waals surface area contributed by atoms with Gasteiger partial charge in [0.05, 0.1) is 17.2 Å². The number of nitrogens with two attached hydrogens (primary N) is 1. The van der Waals surface area contributed by atoms with Crippen LogP contribution in [0, 0.1) is 5.21 Å². The Balaban J connectivity index is 2.07. The molecule has 1 unspecified atom stereocenters. The van der Waals surface area contributed by atoms with E-state index >= 15 is 0 Å². The third-order valence-corrected chi connectivity index (χ3v) is 5.72. The molecule has 2 aromatic carbocycles. The summed E-state index contributed by atoms with van der Waals surface area (Å²) >= 11 is 5.80. The highest BCUT2D eigenvalue weighted by Crippen LogP contribution is 2.28. The van der Waals surface area contributed by atoms with Crippen molar-refractivity contribution in [1.29, 1.82) is 0 Å². The summed E-state index contributed by atoms with van der Waals surface area (Å²) in [5.74, 6) is -1.40. The predicted molar refractivity (Wildman–Crippen MR) is 112 cm³/mol. The molecule has 0 saturated heterocycles. The highest BCUT2D eigenvalue weighted by Gasteiger charge is 2.28. The van der Waals surface area contributed by atoms with Gasteiger partial charge < -0.3 is 15.7 Å².